The highest BCUT2D eigenvalue weighted by molar-refractivity contribution is 5.57. The van der Waals surface area contributed by atoms with Crippen LogP contribution in [0.4, 0.5) is 0 Å². The molecule has 2 N–H and O–H groups in total. The van der Waals surface area contributed by atoms with Crippen LogP contribution < -0.4 is 5.73 Å². The highest BCUT2D eigenvalue weighted by Gasteiger charge is 1.96. The molecule has 0 aliphatic carbocycles. The number of allylic oxidation sites excluding steroid dienone is 1. The SMILES string of the molecule is C=C(N)C(C)C=O. The van der Waals surface area contributed by atoms with Crippen molar-refractivity contribution in [3.05, 3.63) is 12.3 Å². The molecule has 0 aliphatic rings. The lowest BCUT2D eigenvalue weighted by molar-refractivity contribution is -0.109. The highest BCUT2D eigenvalue weighted by atomic mass is 16.1. The maximum atomic E-state index is 9.81. The Bertz CT molecular complexity index is 88.1. The number of rotatable bonds is 2. The van der Waals surface area contributed by atoms with Gasteiger partial charge < -0.3 is 10.5 Å². The third-order valence-electron chi connectivity index (χ3n) is 0.789. The molecule has 0 spiro atoms. The first kappa shape index (κ1) is 6.21. The Kier molecular flexibility index (Phi) is 2.12. The fourth-order valence-electron chi connectivity index (χ4n) is 0.0874. The fourth-order valence-corrected chi connectivity index (χ4v) is 0.0874. The van der Waals surface area contributed by atoms with Crippen LogP contribution >= 0.6 is 0 Å². The second-order valence-corrected chi connectivity index (χ2v) is 1.50. The van der Waals surface area contributed by atoms with Crippen molar-refractivity contribution in [1.82, 2.24) is 0 Å². The number of carbonyl (C=O) groups excluding carboxylic acids is 1. The van der Waals surface area contributed by atoms with Gasteiger partial charge in [0.1, 0.15) is 6.29 Å². The van der Waals surface area contributed by atoms with Gasteiger partial charge in [0.15, 0.2) is 0 Å². The van der Waals surface area contributed by atoms with E-state index in [2.05, 4.69) is 6.58 Å². The van der Waals surface area contributed by atoms with Crippen LogP contribution in [0.15, 0.2) is 12.3 Å². The van der Waals surface area contributed by atoms with Gasteiger partial charge in [0.05, 0.1) is 5.92 Å². The van der Waals surface area contributed by atoms with Gasteiger partial charge in [0.2, 0.25) is 0 Å². The first-order chi connectivity index (χ1) is 3.18. The second kappa shape index (κ2) is 2.39. The molecule has 1 unspecified atom stereocenters. The summed E-state index contributed by atoms with van der Waals surface area (Å²) in [6.45, 7) is 5.08. The first-order valence-corrected chi connectivity index (χ1v) is 2.08. The molecule has 7 heavy (non-hydrogen) atoms. The molecule has 0 radical (unpaired) electrons. The van der Waals surface area contributed by atoms with Crippen molar-refractivity contribution in [2.75, 3.05) is 0 Å². The summed E-state index contributed by atoms with van der Waals surface area (Å²) in [7, 11) is 0. The molecule has 0 fully saturated rings. The highest BCUT2D eigenvalue weighted by Crippen LogP contribution is 1.93. The minimum absolute atomic E-state index is 0.194. The van der Waals surface area contributed by atoms with E-state index in [1.54, 1.807) is 6.92 Å². The number of hydrogen-bond acceptors (Lipinski definition) is 2. The maximum Gasteiger partial charge on any atom is 0.128 e. The van der Waals surface area contributed by atoms with Crippen molar-refractivity contribution in [1.29, 1.82) is 0 Å². The Balaban J connectivity index is 3.55. The van der Waals surface area contributed by atoms with Crippen LogP contribution in [0.1, 0.15) is 6.92 Å². The average molecular weight is 99.1 g/mol. The minimum atomic E-state index is -0.194. The Hall–Kier alpha value is -0.790. The van der Waals surface area contributed by atoms with Gasteiger partial charge in [-0.15, -0.1) is 0 Å². The Morgan fingerprint density at radius 1 is 2.00 bits per heavy atom. The molecule has 40 valence electrons. The molecule has 0 bridgehead atoms. The first-order valence-electron chi connectivity index (χ1n) is 2.08. The molecule has 2 nitrogen and oxygen atoms in total. The van der Waals surface area contributed by atoms with Crippen LogP contribution in [-0.4, -0.2) is 6.29 Å². The quantitative estimate of drug-likeness (QED) is 0.506. The summed E-state index contributed by atoms with van der Waals surface area (Å²) in [5, 5.41) is 0. The van der Waals surface area contributed by atoms with Crippen molar-refractivity contribution in [3.63, 3.8) is 0 Å². The topological polar surface area (TPSA) is 43.1 Å². The van der Waals surface area contributed by atoms with E-state index >= 15 is 0 Å². The molecule has 0 aromatic rings. The zero-order chi connectivity index (χ0) is 5.86. The smallest absolute Gasteiger partial charge is 0.128 e. The summed E-state index contributed by atoms with van der Waals surface area (Å²) in [6.07, 6.45) is 0.766. The number of aldehydes is 1. The second-order valence-electron chi connectivity index (χ2n) is 1.50. The van der Waals surface area contributed by atoms with Crippen LogP contribution in [0.5, 0.6) is 0 Å². The van der Waals surface area contributed by atoms with Gasteiger partial charge in [-0.05, 0) is 0 Å². The van der Waals surface area contributed by atoms with Crippen LogP contribution in [-0.2, 0) is 4.79 Å². The Morgan fingerprint density at radius 2 is 2.43 bits per heavy atom. The summed E-state index contributed by atoms with van der Waals surface area (Å²) >= 11 is 0. The van der Waals surface area contributed by atoms with Crippen molar-refractivity contribution in [2.45, 2.75) is 6.92 Å². The van der Waals surface area contributed by atoms with Gasteiger partial charge in [0, 0.05) is 5.70 Å². The van der Waals surface area contributed by atoms with Gasteiger partial charge in [0.25, 0.3) is 0 Å². The molecule has 0 aliphatic heterocycles. The maximum absolute atomic E-state index is 9.81. The van der Waals surface area contributed by atoms with E-state index in [0.717, 1.165) is 6.29 Å². The fraction of sp³-hybridized carbons (Fsp3) is 0.400. The van der Waals surface area contributed by atoms with Crippen molar-refractivity contribution < 1.29 is 4.79 Å². The summed E-state index contributed by atoms with van der Waals surface area (Å²) in [4.78, 5) is 9.81. The number of nitrogens with two attached hydrogens (primary N) is 1. The normalized spacial score (nSPS) is 12.7. The monoisotopic (exact) mass is 99.1 g/mol. The van der Waals surface area contributed by atoms with E-state index in [9.17, 15) is 4.79 Å². The van der Waals surface area contributed by atoms with E-state index in [1.165, 1.54) is 0 Å². The van der Waals surface area contributed by atoms with Crippen LogP contribution in [0.25, 0.3) is 0 Å². The van der Waals surface area contributed by atoms with Gasteiger partial charge in [-0.1, -0.05) is 13.5 Å². The van der Waals surface area contributed by atoms with Crippen molar-refractivity contribution >= 4 is 6.29 Å². The Labute approximate surface area is 43.0 Å². The molecular weight excluding hydrogens is 90.1 g/mol. The van der Waals surface area contributed by atoms with Crippen molar-refractivity contribution in [2.24, 2.45) is 11.7 Å². The van der Waals surface area contributed by atoms with E-state index in [1.807, 2.05) is 0 Å². The summed E-state index contributed by atoms with van der Waals surface area (Å²) in [5.74, 6) is -0.194. The zero-order valence-corrected chi connectivity index (χ0v) is 4.35. The summed E-state index contributed by atoms with van der Waals surface area (Å²) < 4.78 is 0. The number of hydrogen-bond donors (Lipinski definition) is 1. The molecular formula is C5H9NO. The van der Waals surface area contributed by atoms with Gasteiger partial charge >= 0.3 is 0 Å². The third-order valence-corrected chi connectivity index (χ3v) is 0.789. The van der Waals surface area contributed by atoms with Gasteiger partial charge in [-0.3, -0.25) is 0 Å². The number of carbonyl (C=O) groups is 1. The van der Waals surface area contributed by atoms with E-state index < -0.39 is 0 Å². The lowest BCUT2D eigenvalue weighted by atomic mass is 10.2. The van der Waals surface area contributed by atoms with Crippen molar-refractivity contribution in [3.8, 4) is 0 Å². The van der Waals surface area contributed by atoms with Gasteiger partial charge in [-0.25, -0.2) is 0 Å². The molecule has 1 atom stereocenters. The average Bonchev–Trinajstić information content (AvgIpc) is 1.65. The largest absolute Gasteiger partial charge is 0.402 e. The summed E-state index contributed by atoms with van der Waals surface area (Å²) in [6, 6.07) is 0. The molecule has 0 aromatic carbocycles. The molecule has 0 rings (SSSR count). The van der Waals surface area contributed by atoms with E-state index in [-0.39, 0.29) is 5.92 Å². The standard InChI is InChI=1S/C5H9NO/c1-4(3-7)5(2)6/h3-4H,2,6H2,1H3. The van der Waals surface area contributed by atoms with Crippen LogP contribution in [0.3, 0.4) is 0 Å². The van der Waals surface area contributed by atoms with Gasteiger partial charge in [-0.2, -0.15) is 0 Å². The third kappa shape index (κ3) is 1.98. The molecule has 0 saturated carbocycles. The molecule has 0 saturated heterocycles. The summed E-state index contributed by atoms with van der Waals surface area (Å²) in [5.41, 5.74) is 5.55. The van der Waals surface area contributed by atoms with E-state index in [0.29, 0.717) is 5.70 Å². The van der Waals surface area contributed by atoms with E-state index in [4.69, 9.17) is 5.73 Å². The van der Waals surface area contributed by atoms with Crippen LogP contribution in [0, 0.1) is 5.92 Å². The molecule has 0 aromatic heterocycles. The molecule has 0 amide bonds. The lowest BCUT2D eigenvalue weighted by Gasteiger charge is -1.96. The van der Waals surface area contributed by atoms with Crippen LogP contribution in [0.2, 0.25) is 0 Å². The lowest BCUT2D eigenvalue weighted by Crippen LogP contribution is -2.07. The Morgan fingerprint density at radius 3 is 2.43 bits per heavy atom. The molecule has 2 heteroatoms. The minimum Gasteiger partial charge on any atom is -0.402 e. The predicted octanol–water partition coefficient (Wildman–Crippen LogP) is 0.294. The molecule has 0 heterocycles. The zero-order valence-electron chi connectivity index (χ0n) is 4.35. The predicted molar refractivity (Wildman–Crippen MR) is 28.6 cm³/mol.